The number of hydrogen-bond acceptors (Lipinski definition) is 6. The number of aliphatic carboxylic acids is 1. The standard InChI is InChI=1S/C18H20N3O7P/c1-11(22)19-16(18(24)25)9-13-4-7-17(23)15(8-13)21-20-14-5-2-12(3-6-14)10-29(26,27)28/h2-8,16,23H,9-10H2,1H3,(H,19,22)(H,24,25)(H2,26,27,28)/t16-/m1/s1. The fourth-order valence-electron chi connectivity index (χ4n) is 2.47. The molecule has 0 saturated heterocycles. The topological polar surface area (TPSA) is 169 Å². The van der Waals surface area contributed by atoms with Gasteiger partial charge in [0.15, 0.2) is 0 Å². The van der Waals surface area contributed by atoms with Crippen molar-refractivity contribution in [2.45, 2.75) is 25.5 Å². The summed E-state index contributed by atoms with van der Waals surface area (Å²) in [5.41, 5.74) is 1.47. The highest BCUT2D eigenvalue weighted by atomic mass is 31.2. The van der Waals surface area contributed by atoms with Crippen molar-refractivity contribution in [2.24, 2.45) is 10.2 Å². The monoisotopic (exact) mass is 421 g/mol. The molecular weight excluding hydrogens is 401 g/mol. The molecule has 0 unspecified atom stereocenters. The van der Waals surface area contributed by atoms with Gasteiger partial charge in [0, 0.05) is 13.3 Å². The number of benzene rings is 2. The second kappa shape index (κ2) is 9.42. The van der Waals surface area contributed by atoms with Crippen molar-refractivity contribution in [3.05, 3.63) is 53.6 Å². The van der Waals surface area contributed by atoms with E-state index in [2.05, 4.69) is 15.5 Å². The van der Waals surface area contributed by atoms with Gasteiger partial charge in [-0.15, -0.1) is 5.11 Å². The summed E-state index contributed by atoms with van der Waals surface area (Å²) < 4.78 is 11.0. The Hall–Kier alpha value is -3.07. The molecule has 0 bridgehead atoms. The van der Waals surface area contributed by atoms with E-state index in [0.29, 0.717) is 16.8 Å². The molecular formula is C18H20N3O7P. The van der Waals surface area contributed by atoms with E-state index in [1.807, 2.05) is 0 Å². The SMILES string of the molecule is CC(=O)N[C@H](Cc1ccc(O)c(N=Nc2ccc(CP(=O)(O)O)cc2)c1)C(=O)O. The molecule has 2 rings (SSSR count). The summed E-state index contributed by atoms with van der Waals surface area (Å²) >= 11 is 0. The second-order valence-corrected chi connectivity index (χ2v) is 7.95. The van der Waals surface area contributed by atoms with Gasteiger partial charge in [-0.2, -0.15) is 5.11 Å². The first kappa shape index (κ1) is 22.2. The lowest BCUT2D eigenvalue weighted by Gasteiger charge is -2.13. The largest absolute Gasteiger partial charge is 0.506 e. The molecule has 0 aliphatic carbocycles. The Bertz CT molecular complexity index is 970. The maximum Gasteiger partial charge on any atom is 0.329 e. The number of carbonyl (C=O) groups is 2. The van der Waals surface area contributed by atoms with Crippen LogP contribution in [-0.2, 0) is 26.7 Å². The minimum Gasteiger partial charge on any atom is -0.506 e. The fraction of sp³-hybridized carbons (Fsp3) is 0.222. The van der Waals surface area contributed by atoms with E-state index in [1.165, 1.54) is 49.4 Å². The summed E-state index contributed by atoms with van der Waals surface area (Å²) in [6, 6.07) is 9.26. The second-order valence-electron chi connectivity index (χ2n) is 6.31. The van der Waals surface area contributed by atoms with Crippen molar-refractivity contribution < 1.29 is 34.2 Å². The van der Waals surface area contributed by atoms with Crippen molar-refractivity contribution in [2.75, 3.05) is 0 Å². The van der Waals surface area contributed by atoms with E-state index in [9.17, 15) is 24.4 Å². The van der Waals surface area contributed by atoms with Crippen molar-refractivity contribution in [1.29, 1.82) is 0 Å². The van der Waals surface area contributed by atoms with Crippen molar-refractivity contribution in [3.8, 4) is 5.75 Å². The number of amides is 1. The molecule has 0 aromatic heterocycles. The summed E-state index contributed by atoms with van der Waals surface area (Å²) in [4.78, 5) is 40.4. The number of carboxylic acids is 1. The predicted molar refractivity (Wildman–Crippen MR) is 103 cm³/mol. The van der Waals surface area contributed by atoms with Gasteiger partial charge < -0.3 is 25.3 Å². The van der Waals surface area contributed by atoms with Crippen LogP contribution in [0.15, 0.2) is 52.7 Å². The molecule has 5 N–H and O–H groups in total. The van der Waals surface area contributed by atoms with Gasteiger partial charge in [0.1, 0.15) is 17.5 Å². The van der Waals surface area contributed by atoms with E-state index in [4.69, 9.17) is 9.79 Å². The lowest BCUT2D eigenvalue weighted by Crippen LogP contribution is -2.41. The van der Waals surface area contributed by atoms with E-state index < -0.39 is 25.5 Å². The molecule has 0 fully saturated rings. The Kier molecular flexibility index (Phi) is 7.22. The number of aromatic hydroxyl groups is 1. The minimum atomic E-state index is -4.16. The number of nitrogens with zero attached hydrogens (tertiary/aromatic N) is 2. The molecule has 10 nitrogen and oxygen atoms in total. The first-order valence-corrected chi connectivity index (χ1v) is 10.2. The van der Waals surface area contributed by atoms with Crippen LogP contribution in [0.1, 0.15) is 18.1 Å². The third-order valence-electron chi connectivity index (χ3n) is 3.75. The van der Waals surface area contributed by atoms with E-state index in [0.717, 1.165) is 0 Å². The molecule has 0 aliphatic rings. The summed E-state index contributed by atoms with van der Waals surface area (Å²) in [5.74, 6) is -1.83. The van der Waals surface area contributed by atoms with Crippen molar-refractivity contribution >= 4 is 30.8 Å². The van der Waals surface area contributed by atoms with Crippen LogP contribution in [0, 0.1) is 0 Å². The zero-order valence-corrected chi connectivity index (χ0v) is 16.3. The summed E-state index contributed by atoms with van der Waals surface area (Å²) in [6.07, 6.45) is -0.388. The summed E-state index contributed by atoms with van der Waals surface area (Å²) in [5, 5.41) is 29.4. The number of hydrogen-bond donors (Lipinski definition) is 5. The molecule has 11 heteroatoms. The third-order valence-corrected chi connectivity index (χ3v) is 4.53. The van der Waals surface area contributed by atoms with Gasteiger partial charge in [-0.25, -0.2) is 4.79 Å². The first-order valence-electron chi connectivity index (χ1n) is 8.40. The Morgan fingerprint density at radius 2 is 1.69 bits per heavy atom. The van der Waals surface area contributed by atoms with Crippen LogP contribution < -0.4 is 5.32 Å². The zero-order chi connectivity index (χ0) is 21.6. The molecule has 29 heavy (non-hydrogen) atoms. The van der Waals surface area contributed by atoms with Gasteiger partial charge in [-0.05, 0) is 35.4 Å². The molecule has 0 radical (unpaired) electrons. The number of phenolic OH excluding ortho intramolecular Hbond substituents is 1. The summed E-state index contributed by atoms with van der Waals surface area (Å²) in [6.45, 7) is 1.22. The summed E-state index contributed by atoms with van der Waals surface area (Å²) in [7, 11) is -4.16. The van der Waals surface area contributed by atoms with Crippen LogP contribution in [-0.4, -0.2) is 37.9 Å². The highest BCUT2D eigenvalue weighted by Crippen LogP contribution is 2.39. The van der Waals surface area contributed by atoms with Crippen LogP contribution in [0.25, 0.3) is 0 Å². The molecule has 0 spiro atoms. The van der Waals surface area contributed by atoms with Gasteiger partial charge in [-0.3, -0.25) is 9.36 Å². The highest BCUT2D eigenvalue weighted by molar-refractivity contribution is 7.50. The third kappa shape index (κ3) is 7.46. The number of rotatable bonds is 8. The van der Waals surface area contributed by atoms with Gasteiger partial charge in [0.05, 0.1) is 11.8 Å². The van der Waals surface area contributed by atoms with Crippen LogP contribution in [0.4, 0.5) is 11.4 Å². The van der Waals surface area contributed by atoms with Gasteiger partial charge in [-0.1, -0.05) is 18.2 Å². The molecule has 2 aromatic carbocycles. The molecule has 0 heterocycles. The molecule has 0 aliphatic heterocycles. The highest BCUT2D eigenvalue weighted by Gasteiger charge is 2.19. The quantitative estimate of drug-likeness (QED) is 0.322. The number of carboxylic acid groups (broad SMARTS) is 1. The van der Waals surface area contributed by atoms with Gasteiger partial charge in [0.25, 0.3) is 0 Å². The number of azo groups is 1. The number of carbonyl (C=O) groups excluding carboxylic acids is 1. The molecule has 154 valence electrons. The van der Waals surface area contributed by atoms with E-state index >= 15 is 0 Å². The Morgan fingerprint density at radius 1 is 1.07 bits per heavy atom. The van der Waals surface area contributed by atoms with Crippen LogP contribution in [0.5, 0.6) is 5.75 Å². The zero-order valence-electron chi connectivity index (χ0n) is 15.4. The smallest absolute Gasteiger partial charge is 0.329 e. The van der Waals surface area contributed by atoms with E-state index in [1.54, 1.807) is 0 Å². The van der Waals surface area contributed by atoms with Gasteiger partial charge >= 0.3 is 13.6 Å². The Morgan fingerprint density at radius 3 is 2.24 bits per heavy atom. The van der Waals surface area contributed by atoms with Crippen molar-refractivity contribution in [3.63, 3.8) is 0 Å². The fourth-order valence-corrected chi connectivity index (χ4v) is 3.16. The van der Waals surface area contributed by atoms with Gasteiger partial charge in [0.2, 0.25) is 5.91 Å². The maximum atomic E-state index is 11.3. The Labute approximate surface area is 166 Å². The number of nitrogens with one attached hydrogen (secondary N) is 1. The van der Waals surface area contributed by atoms with Crippen LogP contribution in [0.3, 0.4) is 0 Å². The minimum absolute atomic E-state index is 0.00517. The van der Waals surface area contributed by atoms with Crippen LogP contribution >= 0.6 is 7.60 Å². The lowest BCUT2D eigenvalue weighted by atomic mass is 10.0. The normalized spacial score (nSPS) is 12.7. The predicted octanol–water partition coefficient (Wildman–Crippen LogP) is 2.62. The van der Waals surface area contributed by atoms with Crippen molar-refractivity contribution in [1.82, 2.24) is 5.32 Å². The maximum absolute atomic E-state index is 11.3. The molecule has 1 atom stereocenters. The molecule has 2 aromatic rings. The lowest BCUT2D eigenvalue weighted by molar-refractivity contribution is -0.141. The van der Waals surface area contributed by atoms with E-state index in [-0.39, 0.29) is 24.0 Å². The number of phenols is 1. The Balaban J connectivity index is 2.16. The first-order chi connectivity index (χ1) is 13.5. The molecule has 0 saturated carbocycles. The average molecular weight is 421 g/mol. The van der Waals surface area contributed by atoms with Crippen LogP contribution in [0.2, 0.25) is 0 Å². The average Bonchev–Trinajstić information content (AvgIpc) is 2.61. The molecule has 1 amide bonds.